The topological polar surface area (TPSA) is 58.2 Å². The number of hydrogen-bond acceptors (Lipinski definition) is 3. The highest BCUT2D eigenvalue weighted by atomic mass is 16.5. The second-order valence-corrected chi connectivity index (χ2v) is 6.46. The van der Waals surface area contributed by atoms with E-state index in [2.05, 4.69) is 9.97 Å². The van der Waals surface area contributed by atoms with E-state index in [4.69, 9.17) is 4.74 Å². The summed E-state index contributed by atoms with van der Waals surface area (Å²) in [5, 5.41) is 0. The molecule has 1 N–H and O–H groups in total. The van der Waals surface area contributed by atoms with Crippen LogP contribution in [0.15, 0.2) is 12.4 Å². The van der Waals surface area contributed by atoms with Gasteiger partial charge in [-0.2, -0.15) is 0 Å². The molecule has 5 nitrogen and oxygen atoms in total. The Morgan fingerprint density at radius 2 is 2.18 bits per heavy atom. The summed E-state index contributed by atoms with van der Waals surface area (Å²) in [6.45, 7) is 2.86. The summed E-state index contributed by atoms with van der Waals surface area (Å²) in [5.74, 6) is 1.05. The highest BCUT2D eigenvalue weighted by Gasteiger charge is 2.36. The third-order valence-electron chi connectivity index (χ3n) is 4.93. The molecule has 5 heteroatoms. The lowest BCUT2D eigenvalue weighted by molar-refractivity contribution is -0.150. The number of rotatable bonds is 5. The van der Waals surface area contributed by atoms with Crippen LogP contribution in [0.2, 0.25) is 0 Å². The summed E-state index contributed by atoms with van der Waals surface area (Å²) >= 11 is 0. The molecule has 2 atom stereocenters. The summed E-state index contributed by atoms with van der Waals surface area (Å²) in [6.07, 6.45) is 12.3. The quantitative estimate of drug-likeness (QED) is 0.909. The Morgan fingerprint density at radius 3 is 2.86 bits per heavy atom. The number of ether oxygens (including phenoxy) is 1. The minimum Gasteiger partial charge on any atom is -0.365 e. The van der Waals surface area contributed by atoms with E-state index < -0.39 is 0 Å². The van der Waals surface area contributed by atoms with Gasteiger partial charge < -0.3 is 14.6 Å². The molecule has 0 radical (unpaired) electrons. The number of nitrogens with zero attached hydrogens (tertiary/aromatic N) is 2. The van der Waals surface area contributed by atoms with E-state index in [9.17, 15) is 4.79 Å². The van der Waals surface area contributed by atoms with Crippen molar-refractivity contribution in [1.29, 1.82) is 0 Å². The van der Waals surface area contributed by atoms with E-state index in [0.29, 0.717) is 0 Å². The third kappa shape index (κ3) is 3.35. The maximum atomic E-state index is 12.9. The number of likely N-dealkylation sites (tertiary alicyclic amines) is 1. The smallest absolute Gasteiger partial charge is 0.252 e. The molecule has 3 rings (SSSR count). The molecule has 2 aliphatic rings. The van der Waals surface area contributed by atoms with E-state index >= 15 is 0 Å². The molecule has 1 aliphatic heterocycles. The largest absolute Gasteiger partial charge is 0.365 e. The van der Waals surface area contributed by atoms with Crippen molar-refractivity contribution in [2.75, 3.05) is 6.54 Å². The van der Waals surface area contributed by atoms with Gasteiger partial charge in [0, 0.05) is 18.9 Å². The predicted molar refractivity (Wildman–Crippen MR) is 84.3 cm³/mol. The van der Waals surface area contributed by atoms with Crippen molar-refractivity contribution in [2.45, 2.75) is 76.5 Å². The highest BCUT2D eigenvalue weighted by molar-refractivity contribution is 5.81. The van der Waals surface area contributed by atoms with Crippen LogP contribution in [0.1, 0.15) is 70.2 Å². The predicted octanol–water partition coefficient (Wildman–Crippen LogP) is 3.20. The average molecular weight is 305 g/mol. The Hall–Kier alpha value is -1.36. The van der Waals surface area contributed by atoms with Gasteiger partial charge in [0.2, 0.25) is 0 Å². The van der Waals surface area contributed by atoms with Crippen molar-refractivity contribution in [3.05, 3.63) is 18.2 Å². The standard InChI is InChI=1S/C17H27N3O2/c1-2-15(22-13-7-4-3-5-8-13)17(21)20-12-6-9-14(20)16-18-10-11-19-16/h10-11,13-15H,2-9,12H2,1H3,(H,18,19). The van der Waals surface area contributed by atoms with Crippen LogP contribution >= 0.6 is 0 Å². The molecule has 0 spiro atoms. The molecule has 1 saturated carbocycles. The van der Waals surface area contributed by atoms with Gasteiger partial charge in [-0.15, -0.1) is 0 Å². The molecule has 0 bridgehead atoms. The number of aromatic nitrogens is 2. The van der Waals surface area contributed by atoms with Gasteiger partial charge in [-0.05, 0) is 32.1 Å². The Morgan fingerprint density at radius 1 is 1.36 bits per heavy atom. The van der Waals surface area contributed by atoms with E-state index in [-0.39, 0.29) is 24.2 Å². The first-order valence-corrected chi connectivity index (χ1v) is 8.74. The number of hydrogen-bond donors (Lipinski definition) is 1. The fourth-order valence-electron chi connectivity index (χ4n) is 3.72. The van der Waals surface area contributed by atoms with Gasteiger partial charge in [0.25, 0.3) is 5.91 Å². The molecule has 2 heterocycles. The van der Waals surface area contributed by atoms with Crippen LogP contribution in [0.3, 0.4) is 0 Å². The number of amides is 1. The van der Waals surface area contributed by atoms with Crippen LogP contribution in [0.4, 0.5) is 0 Å². The van der Waals surface area contributed by atoms with E-state index in [1.54, 1.807) is 6.20 Å². The lowest BCUT2D eigenvalue weighted by Crippen LogP contribution is -2.42. The van der Waals surface area contributed by atoms with Crippen LogP contribution in [0, 0.1) is 0 Å². The third-order valence-corrected chi connectivity index (χ3v) is 4.93. The molecule has 2 fully saturated rings. The number of imidazole rings is 1. The minimum atomic E-state index is -0.293. The number of H-pyrrole nitrogens is 1. The van der Waals surface area contributed by atoms with Gasteiger partial charge in [-0.3, -0.25) is 4.79 Å². The minimum absolute atomic E-state index is 0.0894. The molecule has 1 aromatic rings. The lowest BCUT2D eigenvalue weighted by atomic mass is 9.97. The first-order chi connectivity index (χ1) is 10.8. The van der Waals surface area contributed by atoms with Gasteiger partial charge in [0.15, 0.2) is 0 Å². The maximum Gasteiger partial charge on any atom is 0.252 e. The molecule has 1 aromatic heterocycles. The molecule has 122 valence electrons. The molecule has 1 saturated heterocycles. The second-order valence-electron chi connectivity index (χ2n) is 6.46. The first-order valence-electron chi connectivity index (χ1n) is 8.74. The van der Waals surface area contributed by atoms with Gasteiger partial charge in [0.1, 0.15) is 11.9 Å². The molecule has 0 aromatic carbocycles. The average Bonchev–Trinajstić information content (AvgIpc) is 3.23. The summed E-state index contributed by atoms with van der Waals surface area (Å²) < 4.78 is 6.16. The Labute approximate surface area is 132 Å². The van der Waals surface area contributed by atoms with Crippen LogP contribution in [0.5, 0.6) is 0 Å². The SMILES string of the molecule is CCC(OC1CCCCC1)C(=O)N1CCCC1c1ncc[nH]1. The Bertz CT molecular complexity index is 468. The molecule has 22 heavy (non-hydrogen) atoms. The number of nitrogens with one attached hydrogen (secondary N) is 1. The van der Waals surface area contributed by atoms with Crippen molar-refractivity contribution in [2.24, 2.45) is 0 Å². The van der Waals surface area contributed by atoms with Crippen molar-refractivity contribution < 1.29 is 9.53 Å². The van der Waals surface area contributed by atoms with Crippen molar-refractivity contribution >= 4 is 5.91 Å². The molecule has 1 aliphatic carbocycles. The van der Waals surface area contributed by atoms with Crippen LogP contribution < -0.4 is 0 Å². The van der Waals surface area contributed by atoms with E-state index in [1.165, 1.54) is 19.3 Å². The van der Waals surface area contributed by atoms with Gasteiger partial charge in [-0.1, -0.05) is 26.2 Å². The number of carbonyl (C=O) groups is 1. The second kappa shape index (κ2) is 7.27. The number of carbonyl (C=O) groups excluding carboxylic acids is 1. The first kappa shape index (κ1) is 15.5. The summed E-state index contributed by atoms with van der Waals surface area (Å²) in [4.78, 5) is 22.4. The van der Waals surface area contributed by atoms with Crippen LogP contribution in [-0.4, -0.2) is 39.5 Å². The zero-order valence-electron chi connectivity index (χ0n) is 13.5. The fourth-order valence-corrected chi connectivity index (χ4v) is 3.72. The summed E-state index contributed by atoms with van der Waals surface area (Å²) in [6, 6.07) is 0.0894. The molecule has 1 amide bonds. The van der Waals surface area contributed by atoms with Crippen molar-refractivity contribution in [3.8, 4) is 0 Å². The van der Waals surface area contributed by atoms with Gasteiger partial charge in [0.05, 0.1) is 12.1 Å². The van der Waals surface area contributed by atoms with Crippen molar-refractivity contribution in [3.63, 3.8) is 0 Å². The van der Waals surface area contributed by atoms with Gasteiger partial charge in [-0.25, -0.2) is 4.98 Å². The normalized spacial score (nSPS) is 24.6. The zero-order chi connectivity index (χ0) is 15.4. The molecular formula is C17H27N3O2. The van der Waals surface area contributed by atoms with Crippen LogP contribution in [-0.2, 0) is 9.53 Å². The number of aromatic amines is 1. The monoisotopic (exact) mass is 305 g/mol. The molecular weight excluding hydrogens is 278 g/mol. The van der Waals surface area contributed by atoms with Crippen molar-refractivity contribution in [1.82, 2.24) is 14.9 Å². The Kier molecular flexibility index (Phi) is 5.13. The lowest BCUT2D eigenvalue weighted by Gasteiger charge is -2.31. The fraction of sp³-hybridized carbons (Fsp3) is 0.765. The highest BCUT2D eigenvalue weighted by Crippen LogP contribution is 2.31. The summed E-state index contributed by atoms with van der Waals surface area (Å²) in [5.41, 5.74) is 0. The molecule has 2 unspecified atom stereocenters. The summed E-state index contributed by atoms with van der Waals surface area (Å²) in [7, 11) is 0. The van der Waals surface area contributed by atoms with Crippen LogP contribution in [0.25, 0.3) is 0 Å². The maximum absolute atomic E-state index is 12.9. The van der Waals surface area contributed by atoms with Gasteiger partial charge >= 0.3 is 0 Å². The van der Waals surface area contributed by atoms with E-state index in [0.717, 1.165) is 44.5 Å². The Balaban J connectivity index is 1.64. The van der Waals surface area contributed by atoms with E-state index in [1.807, 2.05) is 18.0 Å². The zero-order valence-corrected chi connectivity index (χ0v) is 13.5.